The molecule has 0 radical (unpaired) electrons. The third-order valence-corrected chi connectivity index (χ3v) is 4.43. The average Bonchev–Trinajstić information content (AvgIpc) is 3.07. The molecular weight excluding hydrogens is 360 g/mol. The Kier molecular flexibility index (Phi) is 5.18. The van der Waals surface area contributed by atoms with Crippen molar-refractivity contribution in [1.82, 2.24) is 0 Å². The van der Waals surface area contributed by atoms with Crippen LogP contribution < -0.4 is 5.32 Å². The largest absolute Gasteiger partial charge is 0.452 e. The van der Waals surface area contributed by atoms with Gasteiger partial charge in [-0.2, -0.15) is 0 Å². The maximum atomic E-state index is 12.0. The van der Waals surface area contributed by atoms with E-state index >= 15 is 0 Å². The first-order valence-corrected chi connectivity index (χ1v) is 8.34. The van der Waals surface area contributed by atoms with Gasteiger partial charge in [0.2, 0.25) is 0 Å². The predicted octanol–water partition coefficient (Wildman–Crippen LogP) is 3.53. The molecule has 0 unspecified atom stereocenters. The number of rotatable bonds is 5. The fraction of sp³-hybridized carbons (Fsp3) is 0.222. The van der Waals surface area contributed by atoms with Crippen LogP contribution >= 0.6 is 11.6 Å². The van der Waals surface area contributed by atoms with Gasteiger partial charge in [-0.3, -0.25) is 14.9 Å². The van der Waals surface area contributed by atoms with Gasteiger partial charge in [0.05, 0.1) is 15.5 Å². The lowest BCUT2D eigenvalue weighted by Gasteiger charge is -2.09. The minimum Gasteiger partial charge on any atom is -0.452 e. The zero-order valence-electron chi connectivity index (χ0n) is 13.7. The van der Waals surface area contributed by atoms with Crippen LogP contribution in [0.3, 0.4) is 0 Å². The first-order valence-electron chi connectivity index (χ1n) is 7.97. The first-order chi connectivity index (χ1) is 12.4. The standard InChI is InChI=1S/C18H15ClN2O5/c19-16-7-6-14(21(24)25)9-15(16)18(23)26-10-17(22)20-13-5-4-11-2-1-3-12(11)8-13/h4-9H,1-3,10H2,(H,20,22). The number of hydrogen-bond acceptors (Lipinski definition) is 5. The molecule has 26 heavy (non-hydrogen) atoms. The summed E-state index contributed by atoms with van der Waals surface area (Å²) in [6.45, 7) is -0.519. The Morgan fingerprint density at radius 2 is 1.92 bits per heavy atom. The number of amides is 1. The molecule has 0 atom stereocenters. The molecule has 1 aliphatic carbocycles. The van der Waals surface area contributed by atoms with E-state index in [4.69, 9.17) is 16.3 Å². The first kappa shape index (κ1) is 17.9. The predicted molar refractivity (Wildman–Crippen MR) is 95.5 cm³/mol. The smallest absolute Gasteiger partial charge is 0.340 e. The summed E-state index contributed by atoms with van der Waals surface area (Å²) in [5.74, 6) is -1.40. The Morgan fingerprint density at radius 3 is 2.69 bits per heavy atom. The number of ether oxygens (including phenoxy) is 1. The summed E-state index contributed by atoms with van der Waals surface area (Å²) < 4.78 is 4.91. The topological polar surface area (TPSA) is 98.5 Å². The molecule has 0 spiro atoms. The quantitative estimate of drug-likeness (QED) is 0.490. The highest BCUT2D eigenvalue weighted by atomic mass is 35.5. The van der Waals surface area contributed by atoms with Crippen LogP contribution in [0.5, 0.6) is 0 Å². The lowest BCUT2D eigenvalue weighted by molar-refractivity contribution is -0.384. The number of nitro groups is 1. The molecule has 1 amide bonds. The van der Waals surface area contributed by atoms with Gasteiger partial charge >= 0.3 is 5.97 Å². The molecule has 0 heterocycles. The van der Waals surface area contributed by atoms with E-state index in [2.05, 4.69) is 5.32 Å². The summed E-state index contributed by atoms with van der Waals surface area (Å²) in [5, 5.41) is 13.5. The second kappa shape index (κ2) is 7.53. The van der Waals surface area contributed by atoms with Crippen molar-refractivity contribution >= 4 is 34.9 Å². The molecule has 0 saturated carbocycles. The van der Waals surface area contributed by atoms with Crippen LogP contribution in [0.2, 0.25) is 5.02 Å². The highest BCUT2D eigenvalue weighted by Crippen LogP contribution is 2.25. The van der Waals surface area contributed by atoms with Crippen LogP contribution in [0.4, 0.5) is 11.4 Å². The Morgan fingerprint density at radius 1 is 1.15 bits per heavy atom. The Labute approximate surface area is 154 Å². The van der Waals surface area contributed by atoms with Crippen molar-refractivity contribution in [2.75, 3.05) is 11.9 Å². The van der Waals surface area contributed by atoms with Crippen LogP contribution in [0.25, 0.3) is 0 Å². The highest BCUT2D eigenvalue weighted by Gasteiger charge is 2.18. The van der Waals surface area contributed by atoms with Crippen molar-refractivity contribution in [1.29, 1.82) is 0 Å². The van der Waals surface area contributed by atoms with Crippen molar-refractivity contribution < 1.29 is 19.2 Å². The average molecular weight is 375 g/mol. The van der Waals surface area contributed by atoms with Crippen molar-refractivity contribution in [3.63, 3.8) is 0 Å². The van der Waals surface area contributed by atoms with Gasteiger partial charge in [0.1, 0.15) is 0 Å². The molecule has 1 N–H and O–H groups in total. The van der Waals surface area contributed by atoms with Crippen molar-refractivity contribution in [2.45, 2.75) is 19.3 Å². The summed E-state index contributed by atoms with van der Waals surface area (Å²) >= 11 is 5.87. The number of fused-ring (bicyclic) bond motifs is 1. The van der Waals surface area contributed by atoms with Crippen LogP contribution in [0.1, 0.15) is 27.9 Å². The molecule has 3 rings (SSSR count). The lowest BCUT2D eigenvalue weighted by Crippen LogP contribution is -2.21. The fourth-order valence-corrected chi connectivity index (χ4v) is 3.03. The van der Waals surface area contributed by atoms with Gasteiger partial charge in [-0.15, -0.1) is 0 Å². The molecule has 2 aromatic rings. The van der Waals surface area contributed by atoms with Crippen molar-refractivity contribution in [2.24, 2.45) is 0 Å². The number of non-ortho nitro benzene ring substituents is 1. The third-order valence-electron chi connectivity index (χ3n) is 4.10. The highest BCUT2D eigenvalue weighted by molar-refractivity contribution is 6.33. The second-order valence-electron chi connectivity index (χ2n) is 5.88. The number of esters is 1. The van der Waals surface area contributed by atoms with Crippen molar-refractivity contribution in [3.8, 4) is 0 Å². The van der Waals surface area contributed by atoms with Gasteiger partial charge in [-0.1, -0.05) is 17.7 Å². The molecule has 134 valence electrons. The monoisotopic (exact) mass is 374 g/mol. The molecule has 0 fully saturated rings. The van der Waals surface area contributed by atoms with Crippen LogP contribution in [0.15, 0.2) is 36.4 Å². The maximum absolute atomic E-state index is 12.0. The summed E-state index contributed by atoms with van der Waals surface area (Å²) in [7, 11) is 0. The number of nitrogens with zero attached hydrogens (tertiary/aromatic N) is 1. The summed E-state index contributed by atoms with van der Waals surface area (Å²) in [5.41, 5.74) is 2.69. The summed E-state index contributed by atoms with van der Waals surface area (Å²) in [4.78, 5) is 34.2. The van der Waals surface area contributed by atoms with Crippen molar-refractivity contribution in [3.05, 3.63) is 68.2 Å². The van der Waals surface area contributed by atoms with Gasteiger partial charge < -0.3 is 10.1 Å². The normalized spacial score (nSPS) is 12.3. The van der Waals surface area contributed by atoms with Gasteiger partial charge in [-0.25, -0.2) is 4.79 Å². The minimum atomic E-state index is -0.900. The summed E-state index contributed by atoms with van der Waals surface area (Å²) in [6.07, 6.45) is 3.14. The van der Waals surface area contributed by atoms with E-state index in [0.29, 0.717) is 5.69 Å². The van der Waals surface area contributed by atoms with E-state index in [0.717, 1.165) is 25.3 Å². The molecule has 1 aliphatic rings. The van der Waals surface area contributed by atoms with E-state index in [9.17, 15) is 19.7 Å². The lowest BCUT2D eigenvalue weighted by atomic mass is 10.1. The molecule has 0 saturated heterocycles. The number of halogens is 1. The van der Waals surface area contributed by atoms with Gasteiger partial charge in [0, 0.05) is 17.8 Å². The van der Waals surface area contributed by atoms with Crippen LogP contribution in [-0.2, 0) is 22.4 Å². The van der Waals surface area contributed by atoms with E-state index < -0.39 is 23.4 Å². The number of carbonyl (C=O) groups is 2. The number of hydrogen-bond donors (Lipinski definition) is 1. The number of benzene rings is 2. The Balaban J connectivity index is 1.60. The Hall–Kier alpha value is -2.93. The van der Waals surface area contributed by atoms with E-state index in [1.165, 1.54) is 23.3 Å². The third kappa shape index (κ3) is 4.00. The molecule has 0 bridgehead atoms. The van der Waals surface area contributed by atoms with Crippen LogP contribution in [-0.4, -0.2) is 23.4 Å². The molecule has 8 heteroatoms. The SMILES string of the molecule is O=C(COC(=O)c1cc([N+](=O)[O-])ccc1Cl)Nc1ccc2c(c1)CCC2. The molecular formula is C18H15ClN2O5. The fourth-order valence-electron chi connectivity index (χ4n) is 2.84. The van der Waals surface area contributed by atoms with E-state index in [1.807, 2.05) is 12.1 Å². The number of nitro benzene ring substituents is 1. The zero-order chi connectivity index (χ0) is 18.7. The molecule has 2 aromatic carbocycles. The maximum Gasteiger partial charge on any atom is 0.340 e. The van der Waals surface area contributed by atoms with Gasteiger partial charge in [-0.05, 0) is 48.6 Å². The van der Waals surface area contributed by atoms with Gasteiger partial charge in [0.15, 0.2) is 6.61 Å². The molecule has 0 aliphatic heterocycles. The number of aryl methyl sites for hydroxylation is 2. The summed E-state index contributed by atoms with van der Waals surface area (Å²) in [6, 6.07) is 9.14. The van der Waals surface area contributed by atoms with Crippen LogP contribution in [0, 0.1) is 10.1 Å². The zero-order valence-corrected chi connectivity index (χ0v) is 14.4. The number of nitrogens with one attached hydrogen (secondary N) is 1. The van der Waals surface area contributed by atoms with E-state index in [1.54, 1.807) is 6.07 Å². The van der Waals surface area contributed by atoms with Gasteiger partial charge in [0.25, 0.3) is 11.6 Å². The molecule has 7 nitrogen and oxygen atoms in total. The minimum absolute atomic E-state index is 0.0135. The number of carbonyl (C=O) groups excluding carboxylic acids is 2. The Bertz CT molecular complexity index is 897. The number of anilines is 1. The molecule has 0 aromatic heterocycles. The second-order valence-corrected chi connectivity index (χ2v) is 6.29. The van der Waals surface area contributed by atoms with E-state index in [-0.39, 0.29) is 16.3 Å².